The highest BCUT2D eigenvalue weighted by molar-refractivity contribution is 8.05. The van der Waals surface area contributed by atoms with Crippen molar-refractivity contribution in [1.82, 2.24) is 0 Å². The highest BCUT2D eigenvalue weighted by Crippen LogP contribution is 2.06. The summed E-state index contributed by atoms with van der Waals surface area (Å²) in [5.74, 6) is -2.38. The molecule has 0 aliphatic carbocycles. The maximum absolute atomic E-state index is 10.1. The minimum atomic E-state index is -5.36. The first-order valence-corrected chi connectivity index (χ1v) is 5.23. The van der Waals surface area contributed by atoms with Crippen LogP contribution < -0.4 is 0 Å². The van der Waals surface area contributed by atoms with Crippen LogP contribution in [0.4, 0.5) is 0 Å². The molecule has 0 rings (SSSR count). The molecule has 0 unspecified atom stereocenters. The summed E-state index contributed by atoms with van der Waals surface area (Å²) < 4.78 is 53.0. The summed E-state index contributed by atoms with van der Waals surface area (Å²) in [6.45, 7) is 0. The average molecular weight is 220 g/mol. The van der Waals surface area contributed by atoms with Gasteiger partial charge in [0.05, 0.1) is 0 Å². The van der Waals surface area contributed by atoms with E-state index in [0.29, 0.717) is 0 Å². The van der Waals surface area contributed by atoms with Gasteiger partial charge in [0, 0.05) is 0 Å². The quantitative estimate of drug-likeness (QED) is 0.471. The van der Waals surface area contributed by atoms with Crippen LogP contribution in [0.15, 0.2) is 0 Å². The molecule has 0 aromatic rings. The molecule has 72 valence electrons. The van der Waals surface area contributed by atoms with Gasteiger partial charge in [0.1, 0.15) is 0 Å². The van der Waals surface area contributed by atoms with E-state index in [-0.39, 0.29) is 0 Å². The summed E-state index contributed by atoms with van der Waals surface area (Å²) >= 11 is 0. The van der Waals surface area contributed by atoms with E-state index in [1.54, 1.807) is 0 Å². The number of carboxylic acids is 1. The third kappa shape index (κ3) is 2.73. The summed E-state index contributed by atoms with van der Waals surface area (Å²) in [6.07, 6.45) is 0. The van der Waals surface area contributed by atoms with E-state index in [4.69, 9.17) is 14.2 Å². The summed E-state index contributed by atoms with van der Waals surface area (Å²) in [7, 11) is -10.7. The van der Waals surface area contributed by atoms with Crippen molar-refractivity contribution < 1.29 is 35.8 Å². The lowest BCUT2D eigenvalue weighted by molar-refractivity contribution is -0.135. The van der Waals surface area contributed by atoms with E-state index in [9.17, 15) is 21.6 Å². The van der Waals surface area contributed by atoms with Crippen molar-refractivity contribution in [3.8, 4) is 0 Å². The zero-order chi connectivity index (χ0) is 10.2. The maximum Gasteiger partial charge on any atom is 0.342 e. The lowest BCUT2D eigenvalue weighted by atomic mass is 10.8. The van der Waals surface area contributed by atoms with E-state index >= 15 is 0 Å². The molecule has 0 amide bonds. The fraction of sp³-hybridized carbons (Fsp3) is 0.500. The Labute approximate surface area is 67.3 Å². The van der Waals surface area contributed by atoms with Gasteiger partial charge in [-0.3, -0.25) is 9.11 Å². The molecular weight excluding hydrogens is 216 g/mol. The first-order valence-electron chi connectivity index (χ1n) is 2.22. The average Bonchev–Trinajstić information content (AvgIpc) is 1.49. The molecular formula is C2H4O8S2. The van der Waals surface area contributed by atoms with Crippen LogP contribution in [-0.2, 0) is 25.0 Å². The van der Waals surface area contributed by atoms with Crippen LogP contribution in [0.5, 0.6) is 0 Å². The van der Waals surface area contributed by atoms with E-state index in [2.05, 4.69) is 0 Å². The second-order valence-corrected chi connectivity index (χ2v) is 5.00. The van der Waals surface area contributed by atoms with Crippen LogP contribution in [0.3, 0.4) is 0 Å². The first kappa shape index (κ1) is 11.3. The molecule has 0 saturated heterocycles. The third-order valence-electron chi connectivity index (χ3n) is 0.743. The summed E-state index contributed by atoms with van der Waals surface area (Å²) in [4.78, 5) is 9.91. The Morgan fingerprint density at radius 3 is 1.25 bits per heavy atom. The number of hydrogen-bond donors (Lipinski definition) is 3. The molecule has 0 atom stereocenters. The van der Waals surface area contributed by atoms with Crippen LogP contribution in [0.2, 0.25) is 0 Å². The van der Waals surface area contributed by atoms with E-state index in [1.165, 1.54) is 0 Å². The van der Waals surface area contributed by atoms with Gasteiger partial charge in [0.2, 0.25) is 0 Å². The van der Waals surface area contributed by atoms with Gasteiger partial charge in [-0.25, -0.2) is 4.79 Å². The standard InChI is InChI=1S/C2H4O8S2/c3-1(4)2(11(5,6)7)12(8,9)10/h2H,(H,3,4)(H,5,6,7)(H,8,9,10). The topological polar surface area (TPSA) is 146 Å². The number of hydrogen-bond acceptors (Lipinski definition) is 5. The fourth-order valence-corrected chi connectivity index (χ4v) is 2.15. The highest BCUT2D eigenvalue weighted by atomic mass is 32.3. The van der Waals surface area contributed by atoms with Crippen LogP contribution in [0, 0.1) is 0 Å². The van der Waals surface area contributed by atoms with Gasteiger partial charge in [-0.15, -0.1) is 0 Å². The SMILES string of the molecule is O=C(O)C(S(=O)(=O)O)S(=O)(=O)O. The van der Waals surface area contributed by atoms with Gasteiger partial charge < -0.3 is 5.11 Å². The second-order valence-electron chi connectivity index (χ2n) is 1.70. The second kappa shape index (κ2) is 2.97. The maximum atomic E-state index is 10.1. The van der Waals surface area contributed by atoms with Crippen molar-refractivity contribution in [2.24, 2.45) is 0 Å². The van der Waals surface area contributed by atoms with Crippen molar-refractivity contribution in [1.29, 1.82) is 0 Å². The molecule has 0 aliphatic rings. The van der Waals surface area contributed by atoms with Crippen molar-refractivity contribution in [2.75, 3.05) is 0 Å². The van der Waals surface area contributed by atoms with Crippen molar-refractivity contribution >= 4 is 26.2 Å². The molecule has 0 spiro atoms. The van der Waals surface area contributed by atoms with Gasteiger partial charge in [0.25, 0.3) is 20.2 Å². The van der Waals surface area contributed by atoms with Crippen molar-refractivity contribution in [3.05, 3.63) is 0 Å². The normalized spacial score (nSPS) is 13.2. The number of carboxylic acid groups (broad SMARTS) is 1. The molecule has 12 heavy (non-hydrogen) atoms. The highest BCUT2D eigenvalue weighted by Gasteiger charge is 2.42. The molecule has 0 saturated carbocycles. The lowest BCUT2D eigenvalue weighted by Gasteiger charge is -2.03. The Hall–Kier alpha value is -0.710. The Morgan fingerprint density at radius 2 is 1.25 bits per heavy atom. The van der Waals surface area contributed by atoms with Gasteiger partial charge in [-0.2, -0.15) is 16.8 Å². The zero-order valence-electron chi connectivity index (χ0n) is 5.28. The summed E-state index contributed by atoms with van der Waals surface area (Å²) in [5.41, 5.74) is 0. The Kier molecular flexibility index (Phi) is 2.79. The van der Waals surface area contributed by atoms with Gasteiger partial charge in [0.15, 0.2) is 0 Å². The minimum Gasteiger partial charge on any atom is -0.479 e. The molecule has 0 aliphatic heterocycles. The first-order chi connectivity index (χ1) is 5.07. The molecule has 0 aromatic carbocycles. The summed E-state index contributed by atoms with van der Waals surface area (Å²) in [5, 5.41) is 7.97. The fourth-order valence-electron chi connectivity index (χ4n) is 0.408. The molecule has 0 heterocycles. The van der Waals surface area contributed by atoms with Crippen LogP contribution in [-0.4, -0.2) is 41.6 Å². The predicted octanol–water partition coefficient (Wildman–Crippen LogP) is -1.83. The summed E-state index contributed by atoms with van der Waals surface area (Å²) in [6, 6.07) is 0. The predicted molar refractivity (Wildman–Crippen MR) is 34.5 cm³/mol. The third-order valence-corrected chi connectivity index (χ3v) is 3.69. The minimum absolute atomic E-state index is 2.38. The monoisotopic (exact) mass is 220 g/mol. The van der Waals surface area contributed by atoms with Gasteiger partial charge in [-0.1, -0.05) is 0 Å². The van der Waals surface area contributed by atoms with E-state index in [1.807, 2.05) is 0 Å². The van der Waals surface area contributed by atoms with Gasteiger partial charge >= 0.3 is 10.6 Å². The van der Waals surface area contributed by atoms with Crippen LogP contribution >= 0.6 is 0 Å². The lowest BCUT2D eigenvalue weighted by Crippen LogP contribution is -2.37. The molecule has 0 fully saturated rings. The number of carbonyl (C=O) groups is 1. The zero-order valence-corrected chi connectivity index (χ0v) is 6.91. The van der Waals surface area contributed by atoms with E-state index in [0.717, 1.165) is 0 Å². The Morgan fingerprint density at radius 1 is 1.00 bits per heavy atom. The molecule has 10 heteroatoms. The van der Waals surface area contributed by atoms with Crippen LogP contribution in [0.25, 0.3) is 0 Å². The Balaban J connectivity index is 5.42. The Bertz CT molecular complexity index is 339. The molecule has 3 N–H and O–H groups in total. The molecule has 8 nitrogen and oxygen atoms in total. The smallest absolute Gasteiger partial charge is 0.342 e. The molecule has 0 radical (unpaired) electrons. The number of aliphatic carboxylic acids is 1. The van der Waals surface area contributed by atoms with Crippen molar-refractivity contribution in [3.63, 3.8) is 0 Å². The molecule has 0 aromatic heterocycles. The number of rotatable bonds is 3. The van der Waals surface area contributed by atoms with Crippen molar-refractivity contribution in [2.45, 2.75) is 4.58 Å². The van der Waals surface area contributed by atoms with Crippen LogP contribution in [0.1, 0.15) is 0 Å². The molecule has 0 bridgehead atoms. The van der Waals surface area contributed by atoms with Gasteiger partial charge in [-0.05, 0) is 0 Å². The van der Waals surface area contributed by atoms with E-state index < -0.39 is 30.8 Å². The largest absolute Gasteiger partial charge is 0.479 e.